The van der Waals surface area contributed by atoms with Crippen LogP contribution in [0.5, 0.6) is 0 Å². The monoisotopic (exact) mass is 364 g/mol. The average Bonchev–Trinajstić information content (AvgIpc) is 2.69. The molecule has 0 atom stereocenters. The van der Waals surface area contributed by atoms with E-state index in [2.05, 4.69) is 69.3 Å². The lowest BCUT2D eigenvalue weighted by atomic mass is 10.2. The number of piperazine rings is 1. The van der Waals surface area contributed by atoms with Gasteiger partial charge in [0.05, 0.1) is 24.0 Å². The van der Waals surface area contributed by atoms with Crippen LogP contribution in [0.2, 0.25) is 0 Å². The zero-order valence-corrected chi connectivity index (χ0v) is 15.8. The molecule has 2 aliphatic rings. The third-order valence-corrected chi connectivity index (χ3v) is 6.28. The van der Waals surface area contributed by atoms with Crippen molar-refractivity contribution in [2.45, 2.75) is 16.2 Å². The van der Waals surface area contributed by atoms with E-state index >= 15 is 0 Å². The molecule has 0 saturated carbocycles. The zero-order valence-electron chi connectivity index (χ0n) is 15.0. The second-order valence-corrected chi connectivity index (χ2v) is 7.90. The molecule has 0 N–H and O–H groups in total. The molecule has 26 heavy (non-hydrogen) atoms. The minimum atomic E-state index is 0.562. The standard InChI is InChI=1S/C21H24N4S/c22-10-13-24-16-14-23(15-17-24)11-5-12-25-18-6-1-3-8-20(18)26-21-9-4-2-7-19(21)25/h1-4,6-9H,5,11-17H2. The summed E-state index contributed by atoms with van der Waals surface area (Å²) in [5, 5.41) is 8.82. The zero-order chi connectivity index (χ0) is 17.8. The van der Waals surface area contributed by atoms with Gasteiger partial charge < -0.3 is 9.80 Å². The number of rotatable bonds is 5. The summed E-state index contributed by atoms with van der Waals surface area (Å²) < 4.78 is 0. The van der Waals surface area contributed by atoms with Crippen LogP contribution >= 0.6 is 11.8 Å². The Morgan fingerprint density at radius 3 is 2.00 bits per heavy atom. The molecule has 4 nitrogen and oxygen atoms in total. The highest BCUT2D eigenvalue weighted by Crippen LogP contribution is 2.47. The van der Waals surface area contributed by atoms with E-state index in [1.807, 2.05) is 11.8 Å². The molecule has 1 saturated heterocycles. The average molecular weight is 365 g/mol. The number of anilines is 2. The minimum Gasteiger partial charge on any atom is -0.340 e. The van der Waals surface area contributed by atoms with E-state index in [1.54, 1.807) is 0 Å². The highest BCUT2D eigenvalue weighted by Gasteiger charge is 2.23. The first-order valence-corrected chi connectivity index (χ1v) is 10.1. The maximum atomic E-state index is 8.82. The Morgan fingerprint density at radius 2 is 1.38 bits per heavy atom. The number of hydrogen-bond acceptors (Lipinski definition) is 5. The van der Waals surface area contributed by atoms with E-state index in [1.165, 1.54) is 21.2 Å². The van der Waals surface area contributed by atoms with Gasteiger partial charge in [-0.25, -0.2) is 0 Å². The Labute approximate surface area is 160 Å². The highest BCUT2D eigenvalue weighted by atomic mass is 32.2. The Hall–Kier alpha value is -2.00. The number of benzene rings is 2. The lowest BCUT2D eigenvalue weighted by Gasteiger charge is -2.35. The fraction of sp³-hybridized carbons (Fsp3) is 0.381. The molecular formula is C21H24N4S. The normalized spacial score (nSPS) is 17.4. The van der Waals surface area contributed by atoms with Crippen molar-refractivity contribution in [2.24, 2.45) is 0 Å². The molecule has 5 heteroatoms. The largest absolute Gasteiger partial charge is 0.340 e. The van der Waals surface area contributed by atoms with Gasteiger partial charge in [0.1, 0.15) is 0 Å². The first-order valence-electron chi connectivity index (χ1n) is 9.30. The van der Waals surface area contributed by atoms with E-state index in [0.29, 0.717) is 6.54 Å². The Bertz CT molecular complexity index is 747. The van der Waals surface area contributed by atoms with E-state index in [0.717, 1.165) is 45.7 Å². The number of hydrogen-bond donors (Lipinski definition) is 0. The topological polar surface area (TPSA) is 33.5 Å². The van der Waals surface area contributed by atoms with Crippen molar-refractivity contribution in [3.63, 3.8) is 0 Å². The summed E-state index contributed by atoms with van der Waals surface area (Å²) in [6, 6.07) is 19.7. The van der Waals surface area contributed by atoms with Crippen molar-refractivity contribution in [1.82, 2.24) is 9.80 Å². The lowest BCUT2D eigenvalue weighted by Crippen LogP contribution is -2.46. The predicted molar refractivity (Wildman–Crippen MR) is 107 cm³/mol. The number of para-hydroxylation sites is 2. The first kappa shape index (κ1) is 17.4. The third kappa shape index (κ3) is 3.73. The summed E-state index contributed by atoms with van der Waals surface area (Å²) >= 11 is 1.87. The van der Waals surface area contributed by atoms with Crippen molar-refractivity contribution in [3.05, 3.63) is 48.5 Å². The summed E-state index contributed by atoms with van der Waals surface area (Å²) in [5.41, 5.74) is 2.66. The van der Waals surface area contributed by atoms with Crippen LogP contribution in [0.15, 0.2) is 58.3 Å². The van der Waals surface area contributed by atoms with E-state index in [4.69, 9.17) is 5.26 Å². The fourth-order valence-corrected chi connectivity index (χ4v) is 4.84. The van der Waals surface area contributed by atoms with Crippen molar-refractivity contribution >= 4 is 23.1 Å². The molecule has 0 unspecified atom stereocenters. The lowest BCUT2D eigenvalue weighted by molar-refractivity contribution is 0.143. The van der Waals surface area contributed by atoms with Crippen LogP contribution in [0, 0.1) is 11.3 Å². The van der Waals surface area contributed by atoms with Crippen LogP contribution in [0.25, 0.3) is 0 Å². The molecular weight excluding hydrogens is 340 g/mol. The molecule has 134 valence electrons. The minimum absolute atomic E-state index is 0.562. The molecule has 0 aliphatic carbocycles. The van der Waals surface area contributed by atoms with Gasteiger partial charge in [-0.2, -0.15) is 5.26 Å². The molecule has 1 fully saturated rings. The summed E-state index contributed by atoms with van der Waals surface area (Å²) in [5.74, 6) is 0. The quantitative estimate of drug-likeness (QED) is 0.754. The molecule has 2 aliphatic heterocycles. The van der Waals surface area contributed by atoms with Crippen LogP contribution in [-0.2, 0) is 0 Å². The third-order valence-electron chi connectivity index (χ3n) is 5.15. The second-order valence-electron chi connectivity index (χ2n) is 6.82. The Balaban J connectivity index is 1.39. The van der Waals surface area contributed by atoms with Crippen LogP contribution in [0.1, 0.15) is 6.42 Å². The molecule has 0 radical (unpaired) electrons. The molecule has 4 rings (SSSR count). The van der Waals surface area contributed by atoms with Crippen LogP contribution in [-0.4, -0.2) is 55.6 Å². The van der Waals surface area contributed by atoms with Gasteiger partial charge in [-0.1, -0.05) is 36.0 Å². The molecule has 0 aromatic heterocycles. The van der Waals surface area contributed by atoms with Gasteiger partial charge in [0.2, 0.25) is 0 Å². The molecule has 0 bridgehead atoms. The van der Waals surface area contributed by atoms with Crippen molar-refractivity contribution in [1.29, 1.82) is 5.26 Å². The molecule has 2 heterocycles. The maximum absolute atomic E-state index is 8.82. The van der Waals surface area contributed by atoms with Crippen molar-refractivity contribution < 1.29 is 0 Å². The van der Waals surface area contributed by atoms with Crippen molar-refractivity contribution in [3.8, 4) is 6.07 Å². The van der Waals surface area contributed by atoms with Crippen LogP contribution in [0.4, 0.5) is 11.4 Å². The van der Waals surface area contributed by atoms with Gasteiger partial charge in [0.15, 0.2) is 0 Å². The summed E-state index contributed by atoms with van der Waals surface area (Å²) in [4.78, 5) is 9.94. The molecule has 0 amide bonds. The summed E-state index contributed by atoms with van der Waals surface area (Å²) in [7, 11) is 0. The van der Waals surface area contributed by atoms with Gasteiger partial charge in [-0.3, -0.25) is 4.90 Å². The first-order chi connectivity index (χ1) is 12.8. The second kappa shape index (κ2) is 8.13. The van der Waals surface area contributed by atoms with Gasteiger partial charge in [0, 0.05) is 42.5 Å². The Morgan fingerprint density at radius 1 is 0.808 bits per heavy atom. The predicted octanol–water partition coefficient (Wildman–Crippen LogP) is 3.82. The van der Waals surface area contributed by atoms with Gasteiger partial charge in [-0.05, 0) is 37.2 Å². The SMILES string of the molecule is N#CCN1CCN(CCCN2c3ccccc3Sc3ccccc32)CC1. The van der Waals surface area contributed by atoms with Gasteiger partial charge in [0.25, 0.3) is 0 Å². The van der Waals surface area contributed by atoms with Gasteiger partial charge in [-0.15, -0.1) is 0 Å². The summed E-state index contributed by atoms with van der Waals surface area (Å²) in [6.07, 6.45) is 1.14. The maximum Gasteiger partial charge on any atom is 0.0866 e. The van der Waals surface area contributed by atoms with E-state index < -0.39 is 0 Å². The number of nitrogens with zero attached hydrogens (tertiary/aromatic N) is 4. The molecule has 2 aromatic rings. The summed E-state index contributed by atoms with van der Waals surface area (Å²) in [6.45, 7) is 6.89. The van der Waals surface area contributed by atoms with Crippen LogP contribution in [0.3, 0.4) is 0 Å². The van der Waals surface area contributed by atoms with E-state index in [-0.39, 0.29) is 0 Å². The number of nitriles is 1. The molecule has 2 aromatic carbocycles. The highest BCUT2D eigenvalue weighted by molar-refractivity contribution is 7.99. The fourth-order valence-electron chi connectivity index (χ4n) is 3.75. The van der Waals surface area contributed by atoms with Gasteiger partial charge >= 0.3 is 0 Å². The number of fused-ring (bicyclic) bond motifs is 2. The van der Waals surface area contributed by atoms with E-state index in [9.17, 15) is 0 Å². The van der Waals surface area contributed by atoms with Crippen LogP contribution < -0.4 is 4.90 Å². The Kier molecular flexibility index (Phi) is 5.45. The molecule has 0 spiro atoms. The smallest absolute Gasteiger partial charge is 0.0866 e. The van der Waals surface area contributed by atoms with Crippen molar-refractivity contribution in [2.75, 3.05) is 50.7 Å².